The van der Waals surface area contributed by atoms with Gasteiger partial charge in [-0.3, -0.25) is 0 Å². The zero-order valence-electron chi connectivity index (χ0n) is 6.86. The van der Waals surface area contributed by atoms with Crippen molar-refractivity contribution >= 4 is 31.1 Å². The van der Waals surface area contributed by atoms with Crippen molar-refractivity contribution in [2.45, 2.75) is 10.6 Å². The van der Waals surface area contributed by atoms with Gasteiger partial charge >= 0.3 is 0 Å². The Morgan fingerprint density at radius 3 is 2.85 bits per heavy atom. The van der Waals surface area contributed by atoms with Gasteiger partial charge in [0.15, 0.2) is 4.21 Å². The van der Waals surface area contributed by atoms with E-state index in [1.165, 1.54) is 6.20 Å². The van der Waals surface area contributed by atoms with Crippen LogP contribution in [0.4, 0.5) is 0 Å². The largest absolute Gasteiger partial charge is 0.384 e. The third-order valence-electron chi connectivity index (χ3n) is 1.29. The molecule has 0 aliphatic rings. The molecule has 0 radical (unpaired) electrons. The summed E-state index contributed by atoms with van der Waals surface area (Å²) in [5.41, 5.74) is 0. The first-order chi connectivity index (χ1) is 6.04. The van der Waals surface area contributed by atoms with Crippen LogP contribution in [0.3, 0.4) is 0 Å². The molecule has 0 fully saturated rings. The summed E-state index contributed by atoms with van der Waals surface area (Å²) in [5, 5.41) is 0.709. The van der Waals surface area contributed by atoms with E-state index in [4.69, 9.17) is 15.4 Å². The Labute approximate surface area is 84.9 Å². The van der Waals surface area contributed by atoms with Crippen molar-refractivity contribution < 1.29 is 13.2 Å². The van der Waals surface area contributed by atoms with E-state index >= 15 is 0 Å². The maximum atomic E-state index is 10.8. The first-order valence-corrected chi connectivity index (χ1v) is 6.55. The van der Waals surface area contributed by atoms with Gasteiger partial charge in [-0.05, 0) is 0 Å². The van der Waals surface area contributed by atoms with Crippen LogP contribution in [0.25, 0.3) is 0 Å². The molecule has 0 amide bonds. The molecule has 0 aliphatic heterocycles. The molecule has 1 aromatic heterocycles. The third kappa shape index (κ3) is 3.22. The topological polar surface area (TPSA) is 56.3 Å². The van der Waals surface area contributed by atoms with Crippen LogP contribution in [0.2, 0.25) is 0 Å². The van der Waals surface area contributed by atoms with Crippen LogP contribution in [-0.2, 0) is 20.2 Å². The lowest BCUT2D eigenvalue weighted by atomic mass is 10.5. The smallest absolute Gasteiger partial charge is 0.272 e. The predicted octanol–water partition coefficient (Wildman–Crippen LogP) is 1.26. The van der Waals surface area contributed by atoms with Crippen molar-refractivity contribution in [2.75, 3.05) is 13.7 Å². The molecule has 1 heterocycles. The van der Waals surface area contributed by atoms with Crippen molar-refractivity contribution in [3.63, 3.8) is 0 Å². The van der Waals surface area contributed by atoms with E-state index in [2.05, 4.69) is 4.98 Å². The van der Waals surface area contributed by atoms with Gasteiger partial charge in [-0.1, -0.05) is 0 Å². The first-order valence-electron chi connectivity index (χ1n) is 3.42. The zero-order chi connectivity index (χ0) is 9.90. The Hall–Kier alpha value is -0.170. The molecule has 0 bridgehead atoms. The summed E-state index contributed by atoms with van der Waals surface area (Å²) >= 11 is 1.07. The molecular formula is C6H8ClNO3S2. The third-order valence-corrected chi connectivity index (χ3v) is 4.41. The Bertz CT molecular complexity index is 373. The minimum absolute atomic E-state index is 0.0836. The second kappa shape index (κ2) is 4.36. The lowest BCUT2D eigenvalue weighted by molar-refractivity contribution is 0.202. The van der Waals surface area contributed by atoms with Crippen LogP contribution in [0.5, 0.6) is 0 Å². The van der Waals surface area contributed by atoms with Gasteiger partial charge in [-0.15, -0.1) is 11.3 Å². The molecule has 0 saturated carbocycles. The highest BCUT2D eigenvalue weighted by molar-refractivity contribution is 8.15. The van der Waals surface area contributed by atoms with Crippen LogP contribution in [0, 0.1) is 0 Å². The molecule has 0 saturated heterocycles. The average Bonchev–Trinajstić information content (AvgIpc) is 2.47. The minimum atomic E-state index is -3.62. The molecule has 0 N–H and O–H groups in total. The molecule has 0 spiro atoms. The molecule has 0 atom stereocenters. The zero-order valence-corrected chi connectivity index (χ0v) is 9.25. The first kappa shape index (κ1) is 10.9. The summed E-state index contributed by atoms with van der Waals surface area (Å²) < 4.78 is 26.6. The van der Waals surface area contributed by atoms with Crippen molar-refractivity contribution in [1.82, 2.24) is 4.98 Å². The van der Waals surface area contributed by atoms with Gasteiger partial charge in [0.05, 0.1) is 17.8 Å². The maximum Gasteiger partial charge on any atom is 0.272 e. The highest BCUT2D eigenvalue weighted by atomic mass is 35.7. The molecule has 0 unspecified atom stereocenters. The molecule has 13 heavy (non-hydrogen) atoms. The van der Waals surface area contributed by atoms with Crippen LogP contribution < -0.4 is 0 Å². The van der Waals surface area contributed by atoms with Gasteiger partial charge in [-0.25, -0.2) is 13.4 Å². The highest BCUT2D eigenvalue weighted by Crippen LogP contribution is 2.22. The Morgan fingerprint density at radius 2 is 2.38 bits per heavy atom. The van der Waals surface area contributed by atoms with E-state index in [9.17, 15) is 8.42 Å². The van der Waals surface area contributed by atoms with Crippen molar-refractivity contribution in [3.05, 3.63) is 11.2 Å². The second-order valence-corrected chi connectivity index (χ2v) is 6.16. The second-order valence-electron chi connectivity index (χ2n) is 2.25. The number of hydrogen-bond donors (Lipinski definition) is 0. The standard InChI is InChI=1S/C6H8ClNO3S2/c1-11-3-2-5-8-4-6(12-5)13(7,9)10/h4H,2-3H2,1H3. The predicted molar refractivity (Wildman–Crippen MR) is 50.7 cm³/mol. The molecule has 74 valence electrons. The number of hydrogen-bond acceptors (Lipinski definition) is 5. The highest BCUT2D eigenvalue weighted by Gasteiger charge is 2.13. The maximum absolute atomic E-state index is 10.8. The number of rotatable bonds is 4. The monoisotopic (exact) mass is 241 g/mol. The van der Waals surface area contributed by atoms with Crippen molar-refractivity contribution in [1.29, 1.82) is 0 Å². The van der Waals surface area contributed by atoms with Crippen LogP contribution in [0.1, 0.15) is 5.01 Å². The number of thiazole rings is 1. The summed E-state index contributed by atoms with van der Waals surface area (Å²) in [4.78, 5) is 3.90. The normalized spacial score (nSPS) is 11.8. The van der Waals surface area contributed by atoms with Crippen molar-refractivity contribution in [2.24, 2.45) is 0 Å². The number of ether oxygens (including phenoxy) is 1. The summed E-state index contributed by atoms with van der Waals surface area (Å²) in [5.74, 6) is 0. The Morgan fingerprint density at radius 1 is 1.69 bits per heavy atom. The van der Waals surface area contributed by atoms with E-state index < -0.39 is 9.05 Å². The number of methoxy groups -OCH3 is 1. The van der Waals surface area contributed by atoms with Crippen LogP contribution in [0.15, 0.2) is 10.4 Å². The lowest BCUT2D eigenvalue weighted by Crippen LogP contribution is -1.92. The van der Waals surface area contributed by atoms with Crippen molar-refractivity contribution in [3.8, 4) is 0 Å². The molecule has 7 heteroatoms. The van der Waals surface area contributed by atoms with Gasteiger partial charge < -0.3 is 4.74 Å². The summed E-state index contributed by atoms with van der Waals surface area (Å²) in [6.45, 7) is 0.523. The molecule has 1 rings (SSSR count). The summed E-state index contributed by atoms with van der Waals surface area (Å²) in [6, 6.07) is 0. The van der Waals surface area contributed by atoms with Crippen LogP contribution >= 0.6 is 22.0 Å². The van der Waals surface area contributed by atoms with E-state index in [0.29, 0.717) is 18.0 Å². The van der Waals surface area contributed by atoms with E-state index in [1.807, 2.05) is 0 Å². The van der Waals surface area contributed by atoms with E-state index in [-0.39, 0.29) is 4.21 Å². The number of nitrogens with zero attached hydrogens (tertiary/aromatic N) is 1. The fraction of sp³-hybridized carbons (Fsp3) is 0.500. The summed E-state index contributed by atoms with van der Waals surface area (Å²) in [6.07, 6.45) is 1.87. The van der Waals surface area contributed by atoms with Gasteiger partial charge in [0.25, 0.3) is 9.05 Å². The fourth-order valence-electron chi connectivity index (χ4n) is 0.711. The van der Waals surface area contributed by atoms with Gasteiger partial charge in [0.1, 0.15) is 0 Å². The SMILES string of the molecule is COCCc1ncc(S(=O)(=O)Cl)s1. The van der Waals surface area contributed by atoms with Gasteiger partial charge in [0.2, 0.25) is 0 Å². The van der Waals surface area contributed by atoms with E-state index in [1.54, 1.807) is 7.11 Å². The van der Waals surface area contributed by atoms with Gasteiger partial charge in [-0.2, -0.15) is 0 Å². The molecule has 4 nitrogen and oxygen atoms in total. The molecular weight excluding hydrogens is 234 g/mol. The molecule has 0 aliphatic carbocycles. The van der Waals surface area contributed by atoms with Gasteiger partial charge in [0, 0.05) is 24.2 Å². The Kier molecular flexibility index (Phi) is 3.66. The quantitative estimate of drug-likeness (QED) is 0.745. The summed E-state index contributed by atoms with van der Waals surface area (Å²) in [7, 11) is 3.07. The number of halogens is 1. The number of aromatic nitrogens is 1. The lowest BCUT2D eigenvalue weighted by Gasteiger charge is -1.92. The molecule has 0 aromatic carbocycles. The molecule has 1 aromatic rings. The fourth-order valence-corrected chi connectivity index (χ4v) is 2.61. The van der Waals surface area contributed by atoms with E-state index in [0.717, 1.165) is 11.3 Å². The Balaban J connectivity index is 2.76. The average molecular weight is 242 g/mol. The minimum Gasteiger partial charge on any atom is -0.384 e. The van der Waals surface area contributed by atoms with Crippen LogP contribution in [-0.4, -0.2) is 27.1 Å².